The van der Waals surface area contributed by atoms with Crippen molar-refractivity contribution in [3.8, 4) is 0 Å². The molecule has 0 aliphatic rings. The van der Waals surface area contributed by atoms with Gasteiger partial charge in [0, 0.05) is 6.42 Å². The average molecular weight is 195 g/mol. The Bertz CT molecular complexity index is 267. The number of furan rings is 1. The molecule has 0 fully saturated rings. The lowest BCUT2D eigenvalue weighted by atomic mass is 9.97. The van der Waals surface area contributed by atoms with Crippen LogP contribution in [0.15, 0.2) is 16.5 Å². The first-order chi connectivity index (χ1) is 6.72. The Hall–Kier alpha value is -0.760. The normalized spacial score (nSPS) is 15.4. The molecule has 80 valence electrons. The molecule has 1 rings (SSSR count). The highest BCUT2D eigenvalue weighted by molar-refractivity contribution is 5.11. The number of hydrogen-bond acceptors (Lipinski definition) is 2. The highest BCUT2D eigenvalue weighted by atomic mass is 16.3. The predicted octanol–water partition coefficient (Wildman–Crippen LogP) is 3.15. The second-order valence-electron chi connectivity index (χ2n) is 3.81. The fourth-order valence-electron chi connectivity index (χ4n) is 1.69. The van der Waals surface area contributed by atoms with Crippen molar-refractivity contribution in [2.45, 2.75) is 39.7 Å². The summed E-state index contributed by atoms with van der Waals surface area (Å²) in [4.78, 5) is 0. The van der Waals surface area contributed by atoms with Crippen molar-refractivity contribution in [2.24, 2.45) is 5.92 Å². The van der Waals surface area contributed by atoms with Gasteiger partial charge in [0.1, 0.15) is 11.5 Å². The number of aryl methyl sites for hydroxylation is 1. The van der Waals surface area contributed by atoms with Crippen molar-refractivity contribution >= 4 is 0 Å². The molecule has 0 aliphatic heterocycles. The predicted molar refractivity (Wildman–Crippen MR) is 59.3 cm³/mol. The molecule has 0 aliphatic carbocycles. The minimum Gasteiger partial charge on any atom is -0.464 e. The number of nitrogens with one attached hydrogen (secondary N) is 1. The topological polar surface area (TPSA) is 25.2 Å². The summed E-state index contributed by atoms with van der Waals surface area (Å²) in [6.45, 7) is 6.56. The number of rotatable bonds is 5. The summed E-state index contributed by atoms with van der Waals surface area (Å²) in [5.41, 5.74) is 0. The zero-order valence-corrected chi connectivity index (χ0v) is 9.63. The molecule has 0 bridgehead atoms. The summed E-state index contributed by atoms with van der Waals surface area (Å²) in [5, 5.41) is 3.31. The van der Waals surface area contributed by atoms with Crippen molar-refractivity contribution < 1.29 is 4.42 Å². The summed E-state index contributed by atoms with van der Waals surface area (Å²) in [5.74, 6) is 2.75. The van der Waals surface area contributed by atoms with E-state index in [1.807, 2.05) is 7.05 Å². The lowest BCUT2D eigenvalue weighted by Gasteiger charge is -2.19. The van der Waals surface area contributed by atoms with E-state index in [1.54, 1.807) is 0 Å². The monoisotopic (exact) mass is 195 g/mol. The molecule has 2 heteroatoms. The van der Waals surface area contributed by atoms with Gasteiger partial charge in [0.15, 0.2) is 0 Å². The van der Waals surface area contributed by atoms with Gasteiger partial charge in [-0.25, -0.2) is 0 Å². The third kappa shape index (κ3) is 2.38. The Morgan fingerprint density at radius 1 is 1.36 bits per heavy atom. The minimum absolute atomic E-state index is 0.347. The SMILES string of the molecule is CCc1ccc(C(NC)C(C)CC)o1. The molecule has 0 amide bonds. The van der Waals surface area contributed by atoms with Crippen molar-refractivity contribution in [1.82, 2.24) is 5.32 Å². The van der Waals surface area contributed by atoms with Gasteiger partial charge in [-0.2, -0.15) is 0 Å². The van der Waals surface area contributed by atoms with E-state index in [9.17, 15) is 0 Å². The first-order valence-electron chi connectivity index (χ1n) is 5.48. The van der Waals surface area contributed by atoms with Gasteiger partial charge in [0.25, 0.3) is 0 Å². The Balaban J connectivity index is 2.78. The third-order valence-electron chi connectivity index (χ3n) is 2.86. The lowest BCUT2D eigenvalue weighted by Crippen LogP contribution is -2.22. The van der Waals surface area contributed by atoms with Crippen LogP contribution in [0.3, 0.4) is 0 Å². The molecule has 1 aromatic rings. The van der Waals surface area contributed by atoms with Gasteiger partial charge in [-0.1, -0.05) is 27.2 Å². The summed E-state index contributed by atoms with van der Waals surface area (Å²) >= 11 is 0. The van der Waals surface area contributed by atoms with Crippen molar-refractivity contribution in [3.63, 3.8) is 0 Å². The van der Waals surface area contributed by atoms with Crippen LogP contribution in [0.2, 0.25) is 0 Å². The summed E-state index contributed by atoms with van der Waals surface area (Å²) in [7, 11) is 1.99. The van der Waals surface area contributed by atoms with E-state index in [1.165, 1.54) is 0 Å². The second kappa shape index (κ2) is 5.20. The fraction of sp³-hybridized carbons (Fsp3) is 0.667. The summed E-state index contributed by atoms with van der Waals surface area (Å²) < 4.78 is 5.75. The molecular weight excluding hydrogens is 174 g/mol. The van der Waals surface area contributed by atoms with Crippen LogP contribution in [0.4, 0.5) is 0 Å². The molecule has 2 atom stereocenters. The Morgan fingerprint density at radius 2 is 2.07 bits per heavy atom. The third-order valence-corrected chi connectivity index (χ3v) is 2.86. The molecule has 0 saturated heterocycles. The van der Waals surface area contributed by atoms with E-state index in [0.717, 1.165) is 24.4 Å². The molecule has 2 nitrogen and oxygen atoms in total. The maximum atomic E-state index is 5.75. The Morgan fingerprint density at radius 3 is 2.50 bits per heavy atom. The first-order valence-corrected chi connectivity index (χ1v) is 5.48. The van der Waals surface area contributed by atoms with Crippen LogP contribution in [0, 0.1) is 5.92 Å². The summed E-state index contributed by atoms with van der Waals surface area (Å²) in [6, 6.07) is 4.51. The van der Waals surface area contributed by atoms with Gasteiger partial charge < -0.3 is 9.73 Å². The lowest BCUT2D eigenvalue weighted by molar-refractivity contribution is 0.327. The maximum absolute atomic E-state index is 5.75. The molecule has 0 saturated carbocycles. The van der Waals surface area contributed by atoms with Gasteiger partial charge in [0.05, 0.1) is 6.04 Å². The number of hydrogen-bond donors (Lipinski definition) is 1. The smallest absolute Gasteiger partial charge is 0.121 e. The quantitative estimate of drug-likeness (QED) is 0.780. The van der Waals surface area contributed by atoms with E-state index >= 15 is 0 Å². The van der Waals surface area contributed by atoms with Crippen LogP contribution in [0.5, 0.6) is 0 Å². The fourth-order valence-corrected chi connectivity index (χ4v) is 1.69. The average Bonchev–Trinajstić information content (AvgIpc) is 2.67. The van der Waals surface area contributed by atoms with Crippen LogP contribution in [-0.2, 0) is 6.42 Å². The van der Waals surface area contributed by atoms with Gasteiger partial charge in [-0.05, 0) is 25.1 Å². The van der Waals surface area contributed by atoms with Crippen LogP contribution in [0.1, 0.15) is 44.8 Å². The van der Waals surface area contributed by atoms with Gasteiger partial charge in [-0.3, -0.25) is 0 Å². The van der Waals surface area contributed by atoms with Crippen molar-refractivity contribution in [2.75, 3.05) is 7.05 Å². The largest absolute Gasteiger partial charge is 0.464 e. The van der Waals surface area contributed by atoms with Gasteiger partial charge in [-0.15, -0.1) is 0 Å². The van der Waals surface area contributed by atoms with E-state index in [0.29, 0.717) is 12.0 Å². The van der Waals surface area contributed by atoms with Crippen LogP contribution >= 0.6 is 0 Å². The summed E-state index contributed by atoms with van der Waals surface area (Å²) in [6.07, 6.45) is 2.13. The molecule has 0 aromatic carbocycles. The zero-order chi connectivity index (χ0) is 10.6. The molecule has 2 unspecified atom stereocenters. The van der Waals surface area contributed by atoms with Crippen molar-refractivity contribution in [1.29, 1.82) is 0 Å². The van der Waals surface area contributed by atoms with Gasteiger partial charge >= 0.3 is 0 Å². The molecule has 14 heavy (non-hydrogen) atoms. The van der Waals surface area contributed by atoms with E-state index in [4.69, 9.17) is 4.42 Å². The second-order valence-corrected chi connectivity index (χ2v) is 3.81. The molecule has 1 aromatic heterocycles. The van der Waals surface area contributed by atoms with E-state index in [-0.39, 0.29) is 0 Å². The molecule has 0 radical (unpaired) electrons. The molecular formula is C12H21NO. The van der Waals surface area contributed by atoms with Crippen LogP contribution < -0.4 is 5.32 Å². The zero-order valence-electron chi connectivity index (χ0n) is 9.63. The molecule has 0 spiro atoms. The van der Waals surface area contributed by atoms with Crippen LogP contribution in [-0.4, -0.2) is 7.05 Å². The highest BCUT2D eigenvalue weighted by Crippen LogP contribution is 2.25. The highest BCUT2D eigenvalue weighted by Gasteiger charge is 2.18. The minimum atomic E-state index is 0.347. The Kier molecular flexibility index (Phi) is 4.21. The van der Waals surface area contributed by atoms with E-state index < -0.39 is 0 Å². The van der Waals surface area contributed by atoms with Crippen molar-refractivity contribution in [3.05, 3.63) is 23.7 Å². The maximum Gasteiger partial charge on any atom is 0.121 e. The van der Waals surface area contributed by atoms with E-state index in [2.05, 4.69) is 38.2 Å². The molecule has 1 N–H and O–H groups in total. The van der Waals surface area contributed by atoms with Gasteiger partial charge in [0.2, 0.25) is 0 Å². The Labute approximate surface area is 86.7 Å². The standard InChI is InChI=1S/C12H21NO/c1-5-9(3)12(13-4)11-8-7-10(6-2)14-11/h7-9,12-13H,5-6H2,1-4H3. The molecule has 1 heterocycles. The first kappa shape index (κ1) is 11.3. The van der Waals surface area contributed by atoms with Crippen LogP contribution in [0.25, 0.3) is 0 Å².